The molecule has 3 aliphatic carbocycles. The molecule has 0 spiro atoms. The van der Waals surface area contributed by atoms with Crippen LogP contribution in [0.25, 0.3) is 0 Å². The van der Waals surface area contributed by atoms with Crippen LogP contribution in [0.2, 0.25) is 0 Å². The SMILES string of the molecule is C=CC1CC(COC2CCC(C(=O)OC)CC2)N(C(=O)CC2=CCC(NC3=NC4C=CC=CC4O3)C(C)C2)C1. The Morgan fingerprint density at radius 1 is 1.23 bits per heavy atom. The molecule has 8 nitrogen and oxygen atoms in total. The average Bonchev–Trinajstić information content (AvgIpc) is 3.57. The van der Waals surface area contributed by atoms with E-state index in [-0.39, 0.29) is 48.1 Å². The number of likely N-dealkylation sites (tertiary alicyclic amines) is 1. The third-order valence-electron chi connectivity index (χ3n) is 9.02. The van der Waals surface area contributed by atoms with Gasteiger partial charge in [0.1, 0.15) is 12.1 Å². The Kier molecular flexibility index (Phi) is 8.90. The van der Waals surface area contributed by atoms with Gasteiger partial charge in [-0.2, -0.15) is 0 Å². The van der Waals surface area contributed by atoms with Crippen LogP contribution < -0.4 is 5.32 Å². The van der Waals surface area contributed by atoms with Gasteiger partial charge in [-0.15, -0.1) is 6.58 Å². The van der Waals surface area contributed by atoms with Crippen LogP contribution in [-0.2, 0) is 23.8 Å². The number of amidine groups is 1. The van der Waals surface area contributed by atoms with Gasteiger partial charge in [-0.3, -0.25) is 9.59 Å². The summed E-state index contributed by atoms with van der Waals surface area (Å²) in [5.41, 5.74) is 1.21. The standard InChI is InChI=1S/C31H43N3O5/c1-4-21-16-24(19-38-25-12-10-23(11-13-25)30(36)37-3)34(18-21)29(35)17-22-9-14-26(20(2)15-22)32-31-33-27-7-5-6-8-28(27)39-31/h4-9,20-21,23-28H,1,10-19H2,2-3H3,(H,32,33). The van der Waals surface area contributed by atoms with Gasteiger partial charge >= 0.3 is 5.97 Å². The van der Waals surface area contributed by atoms with Gasteiger partial charge in [-0.25, -0.2) is 4.99 Å². The number of nitrogens with zero attached hydrogens (tertiary/aromatic N) is 2. The maximum atomic E-state index is 13.5. The number of esters is 1. The van der Waals surface area contributed by atoms with E-state index in [4.69, 9.17) is 14.2 Å². The minimum atomic E-state index is -0.114. The first-order chi connectivity index (χ1) is 18.9. The van der Waals surface area contributed by atoms with Crippen LogP contribution in [0, 0.1) is 17.8 Å². The van der Waals surface area contributed by atoms with Crippen molar-refractivity contribution >= 4 is 17.9 Å². The predicted molar refractivity (Wildman–Crippen MR) is 150 cm³/mol. The van der Waals surface area contributed by atoms with Crippen LogP contribution in [-0.4, -0.2) is 73.4 Å². The van der Waals surface area contributed by atoms with E-state index in [1.165, 1.54) is 12.7 Å². The molecule has 5 aliphatic rings. The summed E-state index contributed by atoms with van der Waals surface area (Å²) in [6.45, 7) is 7.46. The minimum absolute atomic E-state index is 0.00760. The van der Waals surface area contributed by atoms with Crippen molar-refractivity contribution in [1.29, 1.82) is 0 Å². The van der Waals surface area contributed by atoms with Crippen molar-refractivity contribution in [3.8, 4) is 0 Å². The molecular formula is C31H43N3O5. The Bertz CT molecular complexity index is 1040. The molecule has 1 saturated carbocycles. The van der Waals surface area contributed by atoms with Crippen molar-refractivity contribution < 1.29 is 23.8 Å². The summed E-state index contributed by atoms with van der Waals surface area (Å²) in [7, 11) is 1.45. The second-order valence-electron chi connectivity index (χ2n) is 11.7. The number of hydrogen-bond acceptors (Lipinski definition) is 7. The van der Waals surface area contributed by atoms with E-state index in [1.807, 2.05) is 29.2 Å². The lowest BCUT2D eigenvalue weighted by molar-refractivity contribution is -0.148. The number of carbonyl (C=O) groups excluding carboxylic acids is 2. The summed E-state index contributed by atoms with van der Waals surface area (Å²) in [6, 6.07) is 0.994. The summed E-state index contributed by atoms with van der Waals surface area (Å²) >= 11 is 0. The van der Waals surface area contributed by atoms with Crippen LogP contribution >= 0.6 is 0 Å². The Morgan fingerprint density at radius 3 is 2.74 bits per heavy atom. The number of carbonyl (C=O) groups is 2. The van der Waals surface area contributed by atoms with Gasteiger partial charge in [-0.05, 0) is 62.9 Å². The van der Waals surface area contributed by atoms with E-state index in [2.05, 4.69) is 36.0 Å². The van der Waals surface area contributed by atoms with Crippen molar-refractivity contribution in [2.24, 2.45) is 22.7 Å². The lowest BCUT2D eigenvalue weighted by Crippen LogP contribution is -2.42. The van der Waals surface area contributed by atoms with Crippen molar-refractivity contribution in [2.45, 2.75) is 88.6 Å². The molecule has 212 valence electrons. The number of allylic oxidation sites excluding steroid dienone is 2. The molecule has 5 rings (SSSR count). The van der Waals surface area contributed by atoms with Crippen molar-refractivity contribution in [1.82, 2.24) is 10.2 Å². The molecule has 2 fully saturated rings. The summed E-state index contributed by atoms with van der Waals surface area (Å²) in [6.07, 6.45) is 18.9. The Balaban J connectivity index is 1.11. The quantitative estimate of drug-likeness (QED) is 0.371. The second kappa shape index (κ2) is 12.5. The molecule has 6 unspecified atom stereocenters. The average molecular weight is 538 g/mol. The number of rotatable bonds is 8. The topological polar surface area (TPSA) is 89.5 Å². The smallest absolute Gasteiger partial charge is 0.308 e. The van der Waals surface area contributed by atoms with E-state index in [0.717, 1.165) is 44.9 Å². The van der Waals surface area contributed by atoms with E-state index >= 15 is 0 Å². The molecule has 0 aromatic carbocycles. The van der Waals surface area contributed by atoms with Crippen molar-refractivity contribution in [3.63, 3.8) is 0 Å². The lowest BCUT2D eigenvalue weighted by Gasteiger charge is -2.32. The Hall–Kier alpha value is -2.87. The van der Waals surface area contributed by atoms with Crippen LogP contribution in [0.1, 0.15) is 58.3 Å². The van der Waals surface area contributed by atoms with Crippen LogP contribution in [0.3, 0.4) is 0 Å². The van der Waals surface area contributed by atoms with E-state index in [1.54, 1.807) is 0 Å². The zero-order valence-electron chi connectivity index (χ0n) is 23.3. The molecule has 2 aliphatic heterocycles. The number of fused-ring (bicyclic) bond motifs is 1. The van der Waals surface area contributed by atoms with E-state index < -0.39 is 0 Å². The molecule has 8 heteroatoms. The number of amides is 1. The number of aliphatic imine (C=N–C) groups is 1. The monoisotopic (exact) mass is 537 g/mol. The first-order valence-electron chi connectivity index (χ1n) is 14.6. The molecule has 6 atom stereocenters. The first-order valence-corrected chi connectivity index (χ1v) is 14.6. The maximum absolute atomic E-state index is 13.5. The highest BCUT2D eigenvalue weighted by molar-refractivity contribution is 5.80. The van der Waals surface area contributed by atoms with Gasteiger partial charge in [0.15, 0.2) is 0 Å². The van der Waals surface area contributed by atoms with Crippen LogP contribution in [0.15, 0.2) is 53.6 Å². The third kappa shape index (κ3) is 6.65. The molecule has 0 radical (unpaired) electrons. The summed E-state index contributed by atoms with van der Waals surface area (Å²) in [5, 5.41) is 3.50. The molecule has 1 N–H and O–H groups in total. The molecule has 1 saturated heterocycles. The minimum Gasteiger partial charge on any atom is -0.469 e. The Labute approximate surface area is 232 Å². The predicted octanol–water partition coefficient (Wildman–Crippen LogP) is 4.09. The maximum Gasteiger partial charge on any atom is 0.308 e. The molecule has 2 heterocycles. The van der Waals surface area contributed by atoms with Crippen LogP contribution in [0.4, 0.5) is 0 Å². The highest BCUT2D eigenvalue weighted by Gasteiger charge is 2.37. The molecule has 0 aromatic rings. The van der Waals surface area contributed by atoms with Gasteiger partial charge in [-0.1, -0.05) is 42.9 Å². The Morgan fingerprint density at radius 2 is 2.03 bits per heavy atom. The normalized spacial score (nSPS) is 35.5. The largest absolute Gasteiger partial charge is 0.469 e. The van der Waals surface area contributed by atoms with Gasteiger partial charge < -0.3 is 24.4 Å². The zero-order chi connectivity index (χ0) is 27.4. The van der Waals surface area contributed by atoms with Gasteiger partial charge in [0.2, 0.25) is 5.91 Å². The fourth-order valence-corrected chi connectivity index (χ4v) is 6.60. The molecule has 0 bridgehead atoms. The molecule has 1 amide bonds. The number of methoxy groups -OCH3 is 1. The number of nitrogens with one attached hydrogen (secondary N) is 1. The highest BCUT2D eigenvalue weighted by Crippen LogP contribution is 2.32. The number of hydrogen-bond donors (Lipinski definition) is 1. The van der Waals surface area contributed by atoms with Crippen molar-refractivity contribution in [3.05, 3.63) is 48.6 Å². The highest BCUT2D eigenvalue weighted by atomic mass is 16.5. The van der Waals surface area contributed by atoms with Crippen LogP contribution in [0.5, 0.6) is 0 Å². The lowest BCUT2D eigenvalue weighted by atomic mass is 9.84. The summed E-state index contributed by atoms with van der Waals surface area (Å²) in [5.74, 6) is 0.722. The van der Waals surface area contributed by atoms with E-state index in [0.29, 0.717) is 37.4 Å². The third-order valence-corrected chi connectivity index (χ3v) is 9.02. The molecule has 0 aromatic heterocycles. The van der Waals surface area contributed by atoms with Gasteiger partial charge in [0.25, 0.3) is 6.02 Å². The van der Waals surface area contributed by atoms with Gasteiger partial charge in [0, 0.05) is 19.0 Å². The van der Waals surface area contributed by atoms with Crippen molar-refractivity contribution in [2.75, 3.05) is 20.3 Å². The second-order valence-corrected chi connectivity index (χ2v) is 11.7. The zero-order valence-corrected chi connectivity index (χ0v) is 23.3. The van der Waals surface area contributed by atoms with E-state index in [9.17, 15) is 9.59 Å². The molecular weight excluding hydrogens is 494 g/mol. The number of ether oxygens (including phenoxy) is 3. The molecule has 39 heavy (non-hydrogen) atoms. The fourth-order valence-electron chi connectivity index (χ4n) is 6.60. The summed E-state index contributed by atoms with van der Waals surface area (Å²) < 4.78 is 17.2. The fraction of sp³-hybridized carbons (Fsp3) is 0.645. The van der Waals surface area contributed by atoms with Gasteiger partial charge in [0.05, 0.1) is 31.8 Å². The summed E-state index contributed by atoms with van der Waals surface area (Å²) in [4.78, 5) is 32.0. The first kappa shape index (κ1) is 27.7.